The second-order valence-corrected chi connectivity index (χ2v) is 6.92. The maximum absolute atomic E-state index is 10.4. The molecular weight excluding hydrogens is 358 g/mol. The van der Waals surface area contributed by atoms with E-state index in [1.807, 2.05) is 30.3 Å². The first-order valence-electron chi connectivity index (χ1n) is 9.25. The first kappa shape index (κ1) is 17.0. The summed E-state index contributed by atoms with van der Waals surface area (Å²) < 4.78 is 7.47. The maximum Gasteiger partial charge on any atom is 0.204 e. The summed E-state index contributed by atoms with van der Waals surface area (Å²) >= 11 is 0. The Morgan fingerprint density at radius 1 is 1.21 bits per heavy atom. The zero-order chi connectivity index (χ0) is 18.9. The number of hydrogen-bond donors (Lipinski definition) is 2. The summed E-state index contributed by atoms with van der Waals surface area (Å²) in [6.07, 6.45) is 6.43. The minimum atomic E-state index is -0.685. The minimum absolute atomic E-state index is 0.295. The Labute approximate surface area is 160 Å². The van der Waals surface area contributed by atoms with E-state index in [1.54, 1.807) is 17.1 Å². The number of aromatic nitrogens is 7. The monoisotopic (exact) mass is 377 g/mol. The molecule has 0 saturated heterocycles. The van der Waals surface area contributed by atoms with E-state index >= 15 is 0 Å². The van der Waals surface area contributed by atoms with Gasteiger partial charge in [0.1, 0.15) is 6.10 Å². The number of aromatic amines is 1. The van der Waals surface area contributed by atoms with Gasteiger partial charge in [0, 0.05) is 22.7 Å². The third-order valence-electron chi connectivity index (χ3n) is 5.07. The topological polar surface area (TPSA) is 115 Å². The van der Waals surface area contributed by atoms with Gasteiger partial charge >= 0.3 is 0 Å². The van der Waals surface area contributed by atoms with E-state index in [9.17, 15) is 5.11 Å². The van der Waals surface area contributed by atoms with Crippen molar-refractivity contribution in [2.45, 2.75) is 31.5 Å². The van der Waals surface area contributed by atoms with E-state index < -0.39 is 6.10 Å². The third-order valence-corrected chi connectivity index (χ3v) is 5.07. The van der Waals surface area contributed by atoms with Gasteiger partial charge in [-0.05, 0) is 54.8 Å². The van der Waals surface area contributed by atoms with Crippen LogP contribution in [0.1, 0.15) is 30.9 Å². The molecule has 1 saturated carbocycles. The van der Waals surface area contributed by atoms with E-state index in [0.29, 0.717) is 18.5 Å². The number of tetrazole rings is 1. The van der Waals surface area contributed by atoms with Crippen molar-refractivity contribution in [2.24, 2.45) is 0 Å². The van der Waals surface area contributed by atoms with Gasteiger partial charge in [0.15, 0.2) is 5.65 Å². The van der Waals surface area contributed by atoms with Gasteiger partial charge in [0.05, 0.1) is 24.6 Å². The fourth-order valence-corrected chi connectivity index (χ4v) is 3.21. The van der Waals surface area contributed by atoms with Crippen molar-refractivity contribution in [1.82, 2.24) is 35.4 Å². The van der Waals surface area contributed by atoms with Crippen LogP contribution in [0.25, 0.3) is 28.1 Å². The van der Waals surface area contributed by atoms with Gasteiger partial charge in [-0.15, -0.1) is 10.2 Å². The SMILES string of the molecule is O[C@H](COC1CCC1)c1cnc2c(cnn2-c2ccc(-c3nn[nH]n3)cc2)c1. The van der Waals surface area contributed by atoms with Gasteiger partial charge < -0.3 is 9.84 Å². The molecule has 0 spiro atoms. The average Bonchev–Trinajstić information content (AvgIpc) is 3.36. The summed E-state index contributed by atoms with van der Waals surface area (Å²) in [5, 5.41) is 29.7. The number of aliphatic hydroxyl groups excluding tert-OH is 1. The molecular formula is C19H19N7O2. The number of fused-ring (bicyclic) bond motifs is 1. The van der Waals surface area contributed by atoms with Crippen LogP contribution in [0, 0.1) is 0 Å². The van der Waals surface area contributed by atoms with Crippen LogP contribution in [-0.2, 0) is 4.74 Å². The maximum atomic E-state index is 10.4. The van der Waals surface area contributed by atoms with Crippen molar-refractivity contribution in [1.29, 1.82) is 0 Å². The van der Waals surface area contributed by atoms with Crippen LogP contribution in [0.15, 0.2) is 42.7 Å². The molecule has 0 aliphatic heterocycles. The molecule has 1 aliphatic carbocycles. The number of benzene rings is 1. The normalized spacial score (nSPS) is 15.6. The smallest absolute Gasteiger partial charge is 0.204 e. The number of pyridine rings is 1. The van der Waals surface area contributed by atoms with Crippen molar-refractivity contribution in [3.05, 3.63) is 48.3 Å². The van der Waals surface area contributed by atoms with Gasteiger partial charge in [-0.2, -0.15) is 10.3 Å². The number of ether oxygens (including phenoxy) is 1. The molecule has 5 rings (SSSR count). The highest BCUT2D eigenvalue weighted by Gasteiger charge is 2.20. The largest absolute Gasteiger partial charge is 0.386 e. The summed E-state index contributed by atoms with van der Waals surface area (Å²) in [5.41, 5.74) is 3.19. The highest BCUT2D eigenvalue weighted by molar-refractivity contribution is 5.77. The Morgan fingerprint density at radius 3 is 2.79 bits per heavy atom. The van der Waals surface area contributed by atoms with Crippen LogP contribution in [0.2, 0.25) is 0 Å². The molecule has 0 unspecified atom stereocenters. The van der Waals surface area contributed by atoms with Gasteiger partial charge in [-0.1, -0.05) is 0 Å². The number of hydrogen-bond acceptors (Lipinski definition) is 7. The molecule has 28 heavy (non-hydrogen) atoms. The summed E-state index contributed by atoms with van der Waals surface area (Å²) in [7, 11) is 0. The molecule has 142 valence electrons. The molecule has 1 aliphatic rings. The molecule has 2 N–H and O–H groups in total. The Hall–Kier alpha value is -3.17. The lowest BCUT2D eigenvalue weighted by atomic mass is 9.96. The Balaban J connectivity index is 1.37. The zero-order valence-electron chi connectivity index (χ0n) is 15.1. The van der Waals surface area contributed by atoms with E-state index in [2.05, 4.69) is 30.7 Å². The summed E-state index contributed by atoms with van der Waals surface area (Å²) in [5.74, 6) is 0.540. The molecule has 0 radical (unpaired) electrons. The van der Waals surface area contributed by atoms with Crippen LogP contribution in [0.3, 0.4) is 0 Å². The minimum Gasteiger partial charge on any atom is -0.386 e. The van der Waals surface area contributed by atoms with Gasteiger partial charge in [-0.3, -0.25) is 0 Å². The van der Waals surface area contributed by atoms with Crippen LogP contribution in [0.5, 0.6) is 0 Å². The van der Waals surface area contributed by atoms with Crippen molar-refractivity contribution < 1.29 is 9.84 Å². The van der Waals surface area contributed by atoms with Gasteiger partial charge in [0.25, 0.3) is 0 Å². The number of nitrogens with zero attached hydrogens (tertiary/aromatic N) is 6. The number of H-pyrrole nitrogens is 1. The van der Waals surface area contributed by atoms with Crippen molar-refractivity contribution >= 4 is 11.0 Å². The van der Waals surface area contributed by atoms with Gasteiger partial charge in [0.2, 0.25) is 5.82 Å². The molecule has 1 aromatic carbocycles. The average molecular weight is 377 g/mol. The number of aliphatic hydroxyl groups is 1. The Morgan fingerprint density at radius 2 is 2.07 bits per heavy atom. The van der Waals surface area contributed by atoms with E-state index in [1.165, 1.54) is 6.42 Å². The standard InChI is InChI=1S/C19H19N7O2/c27-17(11-28-16-2-1-3-16)13-8-14-10-21-26(19(14)20-9-13)15-6-4-12(5-7-15)18-22-24-25-23-18/h4-10,16-17,27H,1-3,11H2,(H,22,23,24,25)/t17-/m1/s1. The number of rotatable bonds is 6. The van der Waals surface area contributed by atoms with Crippen molar-refractivity contribution in [3.63, 3.8) is 0 Å². The molecule has 3 aromatic heterocycles. The van der Waals surface area contributed by atoms with Crippen LogP contribution in [0.4, 0.5) is 0 Å². The van der Waals surface area contributed by atoms with E-state index in [4.69, 9.17) is 4.74 Å². The van der Waals surface area contributed by atoms with Crippen molar-refractivity contribution in [2.75, 3.05) is 6.61 Å². The van der Waals surface area contributed by atoms with Crippen molar-refractivity contribution in [3.8, 4) is 17.1 Å². The summed E-state index contributed by atoms with van der Waals surface area (Å²) in [6, 6.07) is 9.58. The highest BCUT2D eigenvalue weighted by atomic mass is 16.5. The lowest BCUT2D eigenvalue weighted by Crippen LogP contribution is -2.24. The molecule has 0 amide bonds. The van der Waals surface area contributed by atoms with E-state index in [-0.39, 0.29) is 0 Å². The molecule has 9 heteroatoms. The zero-order valence-corrected chi connectivity index (χ0v) is 15.1. The molecule has 9 nitrogen and oxygen atoms in total. The molecule has 3 heterocycles. The third kappa shape index (κ3) is 3.14. The van der Waals surface area contributed by atoms with Crippen LogP contribution >= 0.6 is 0 Å². The lowest BCUT2D eigenvalue weighted by Gasteiger charge is -2.26. The predicted octanol–water partition coefficient (Wildman–Crippen LogP) is 2.20. The first-order valence-corrected chi connectivity index (χ1v) is 9.25. The molecule has 1 atom stereocenters. The molecule has 1 fully saturated rings. The lowest BCUT2D eigenvalue weighted by molar-refractivity contribution is -0.0427. The van der Waals surface area contributed by atoms with Crippen LogP contribution < -0.4 is 0 Å². The van der Waals surface area contributed by atoms with Crippen LogP contribution in [-0.4, -0.2) is 53.2 Å². The first-order chi connectivity index (χ1) is 13.8. The second kappa shape index (κ2) is 7.10. The van der Waals surface area contributed by atoms with E-state index in [0.717, 1.165) is 40.7 Å². The fourth-order valence-electron chi connectivity index (χ4n) is 3.21. The Kier molecular flexibility index (Phi) is 4.30. The fraction of sp³-hybridized carbons (Fsp3) is 0.316. The van der Waals surface area contributed by atoms with Gasteiger partial charge in [-0.25, -0.2) is 9.67 Å². The quantitative estimate of drug-likeness (QED) is 0.529. The summed E-state index contributed by atoms with van der Waals surface area (Å²) in [6.45, 7) is 0.295. The predicted molar refractivity (Wildman–Crippen MR) is 101 cm³/mol. The molecule has 0 bridgehead atoms. The number of nitrogens with one attached hydrogen (secondary N) is 1. The Bertz CT molecular complexity index is 1070. The second-order valence-electron chi connectivity index (χ2n) is 6.92. The molecule has 4 aromatic rings. The highest BCUT2D eigenvalue weighted by Crippen LogP contribution is 2.25. The summed E-state index contributed by atoms with van der Waals surface area (Å²) in [4.78, 5) is 4.52.